The molecular formula is C14H16F3NO3. The molecule has 21 heavy (non-hydrogen) atoms. The van der Waals surface area contributed by atoms with Crippen molar-refractivity contribution in [3.05, 3.63) is 29.3 Å². The van der Waals surface area contributed by atoms with E-state index in [0.29, 0.717) is 19.4 Å². The lowest BCUT2D eigenvalue weighted by atomic mass is 10.1. The number of aldehydes is 1. The summed E-state index contributed by atoms with van der Waals surface area (Å²) in [6, 6.07) is 3.56. The molecule has 0 aliphatic carbocycles. The number of carbonyl (C=O) groups is 1. The molecule has 0 amide bonds. The van der Waals surface area contributed by atoms with Crippen LogP contribution in [0.4, 0.5) is 18.9 Å². The number of methoxy groups -OCH3 is 2. The minimum Gasteiger partial charge on any atom is -0.377 e. The summed E-state index contributed by atoms with van der Waals surface area (Å²) in [6.07, 6.45) is -4.70. The lowest BCUT2D eigenvalue weighted by Crippen LogP contribution is -2.27. The summed E-state index contributed by atoms with van der Waals surface area (Å²) in [5.74, 6) is 0. The number of nitrogens with zero attached hydrogens (tertiary/aromatic N) is 1. The zero-order valence-corrected chi connectivity index (χ0v) is 11.7. The molecular weight excluding hydrogens is 287 g/mol. The Kier molecular flexibility index (Phi) is 4.53. The highest BCUT2D eigenvalue weighted by atomic mass is 19.4. The van der Waals surface area contributed by atoms with Crippen LogP contribution in [0.25, 0.3) is 0 Å². The third-order valence-corrected chi connectivity index (χ3v) is 3.62. The first kappa shape index (κ1) is 15.8. The van der Waals surface area contributed by atoms with Gasteiger partial charge in [-0.1, -0.05) is 0 Å². The van der Waals surface area contributed by atoms with E-state index in [-0.39, 0.29) is 23.5 Å². The van der Waals surface area contributed by atoms with Crippen LogP contribution in [0.1, 0.15) is 15.9 Å². The highest BCUT2D eigenvalue weighted by molar-refractivity contribution is 5.77. The van der Waals surface area contributed by atoms with Crippen LogP contribution in [0.3, 0.4) is 0 Å². The molecule has 1 fully saturated rings. The van der Waals surface area contributed by atoms with Crippen LogP contribution in [0, 0.1) is 0 Å². The first-order valence-electron chi connectivity index (χ1n) is 6.37. The van der Waals surface area contributed by atoms with Gasteiger partial charge in [0.15, 0.2) is 0 Å². The fourth-order valence-corrected chi connectivity index (χ4v) is 2.52. The highest BCUT2D eigenvalue weighted by Gasteiger charge is 2.39. The van der Waals surface area contributed by atoms with Crippen LogP contribution in [-0.4, -0.2) is 45.8 Å². The minimum absolute atomic E-state index is 0.00291. The maximum absolute atomic E-state index is 13.2. The van der Waals surface area contributed by atoms with Gasteiger partial charge in [-0.15, -0.1) is 0 Å². The van der Waals surface area contributed by atoms with E-state index < -0.39 is 11.7 Å². The van der Waals surface area contributed by atoms with Crippen LogP contribution < -0.4 is 4.90 Å². The normalized spacial score (nSPS) is 22.6. The van der Waals surface area contributed by atoms with E-state index in [9.17, 15) is 18.0 Å². The van der Waals surface area contributed by atoms with Crippen molar-refractivity contribution in [3.63, 3.8) is 0 Å². The van der Waals surface area contributed by atoms with E-state index in [1.54, 1.807) is 4.90 Å². The third-order valence-electron chi connectivity index (χ3n) is 3.62. The summed E-state index contributed by atoms with van der Waals surface area (Å²) in [5.41, 5.74) is -0.787. The zero-order valence-electron chi connectivity index (χ0n) is 11.7. The Labute approximate surface area is 120 Å². The number of benzene rings is 1. The number of anilines is 1. The Morgan fingerprint density at radius 3 is 2.19 bits per heavy atom. The molecule has 2 atom stereocenters. The Balaban J connectivity index is 2.38. The van der Waals surface area contributed by atoms with Crippen LogP contribution in [0.5, 0.6) is 0 Å². The van der Waals surface area contributed by atoms with E-state index in [4.69, 9.17) is 9.47 Å². The molecule has 7 heteroatoms. The van der Waals surface area contributed by atoms with Crippen molar-refractivity contribution in [2.45, 2.75) is 18.4 Å². The summed E-state index contributed by atoms with van der Waals surface area (Å²) in [5, 5.41) is 0. The smallest absolute Gasteiger partial charge is 0.377 e. The number of hydrogen-bond donors (Lipinski definition) is 0. The van der Waals surface area contributed by atoms with Gasteiger partial charge in [0.2, 0.25) is 0 Å². The first-order chi connectivity index (χ1) is 9.90. The van der Waals surface area contributed by atoms with Crippen molar-refractivity contribution in [2.24, 2.45) is 0 Å². The fourth-order valence-electron chi connectivity index (χ4n) is 2.52. The third kappa shape index (κ3) is 3.19. The predicted octanol–water partition coefficient (Wildman–Crippen LogP) is 2.37. The SMILES string of the molecule is COC1CN(c2ccc(C=O)cc2C(F)(F)F)CC1OC. The second-order valence-electron chi connectivity index (χ2n) is 4.85. The molecule has 116 valence electrons. The molecule has 1 aliphatic rings. The van der Waals surface area contributed by atoms with Gasteiger partial charge in [0, 0.05) is 38.6 Å². The second kappa shape index (κ2) is 6.03. The van der Waals surface area contributed by atoms with Crippen LogP contribution in [-0.2, 0) is 15.7 Å². The monoisotopic (exact) mass is 303 g/mol. The molecule has 1 saturated heterocycles. The molecule has 0 N–H and O–H groups in total. The molecule has 0 radical (unpaired) electrons. The molecule has 0 aromatic heterocycles. The Morgan fingerprint density at radius 1 is 1.19 bits per heavy atom. The van der Waals surface area contributed by atoms with Crippen LogP contribution in [0.15, 0.2) is 18.2 Å². The molecule has 1 aliphatic heterocycles. The van der Waals surface area contributed by atoms with Gasteiger partial charge in [-0.2, -0.15) is 13.2 Å². The Morgan fingerprint density at radius 2 is 1.76 bits per heavy atom. The first-order valence-corrected chi connectivity index (χ1v) is 6.37. The molecule has 1 heterocycles. The summed E-state index contributed by atoms with van der Waals surface area (Å²) in [6.45, 7) is 0.608. The lowest BCUT2D eigenvalue weighted by molar-refractivity contribution is -0.137. The van der Waals surface area contributed by atoms with Crippen molar-refractivity contribution in [3.8, 4) is 0 Å². The van der Waals surface area contributed by atoms with Crippen molar-refractivity contribution in [1.82, 2.24) is 0 Å². The summed E-state index contributed by atoms with van der Waals surface area (Å²) in [4.78, 5) is 12.3. The van der Waals surface area contributed by atoms with E-state index in [2.05, 4.69) is 0 Å². The molecule has 2 unspecified atom stereocenters. The molecule has 2 rings (SSSR count). The van der Waals surface area contributed by atoms with Crippen molar-refractivity contribution >= 4 is 12.0 Å². The number of alkyl halides is 3. The number of hydrogen-bond acceptors (Lipinski definition) is 4. The van der Waals surface area contributed by atoms with Gasteiger partial charge in [-0.05, 0) is 18.2 Å². The molecule has 0 saturated carbocycles. The molecule has 0 bridgehead atoms. The predicted molar refractivity (Wildman–Crippen MR) is 70.6 cm³/mol. The maximum Gasteiger partial charge on any atom is 0.418 e. The van der Waals surface area contributed by atoms with Gasteiger partial charge in [-0.25, -0.2) is 0 Å². The quantitative estimate of drug-likeness (QED) is 0.801. The summed E-state index contributed by atoms with van der Waals surface area (Å²) < 4.78 is 50.0. The van der Waals surface area contributed by atoms with Crippen LogP contribution >= 0.6 is 0 Å². The van der Waals surface area contributed by atoms with Gasteiger partial charge in [0.1, 0.15) is 18.5 Å². The fraction of sp³-hybridized carbons (Fsp3) is 0.500. The Hall–Kier alpha value is -1.60. The molecule has 0 spiro atoms. The highest BCUT2D eigenvalue weighted by Crippen LogP contribution is 2.38. The van der Waals surface area contributed by atoms with Gasteiger partial charge in [0.05, 0.1) is 5.56 Å². The largest absolute Gasteiger partial charge is 0.418 e. The topological polar surface area (TPSA) is 38.8 Å². The molecule has 1 aromatic rings. The Bertz CT molecular complexity index is 507. The van der Waals surface area contributed by atoms with Gasteiger partial charge >= 0.3 is 6.18 Å². The van der Waals surface area contributed by atoms with Crippen molar-refractivity contribution < 1.29 is 27.4 Å². The summed E-state index contributed by atoms with van der Waals surface area (Å²) in [7, 11) is 3.00. The van der Waals surface area contributed by atoms with Crippen LogP contribution in [0.2, 0.25) is 0 Å². The average Bonchev–Trinajstić information content (AvgIpc) is 2.88. The van der Waals surface area contributed by atoms with E-state index in [1.165, 1.54) is 26.4 Å². The number of halogens is 3. The van der Waals surface area contributed by atoms with E-state index in [1.807, 2.05) is 0 Å². The number of ether oxygens (including phenoxy) is 2. The van der Waals surface area contributed by atoms with E-state index in [0.717, 1.165) is 6.07 Å². The maximum atomic E-state index is 13.2. The van der Waals surface area contributed by atoms with Gasteiger partial charge in [0.25, 0.3) is 0 Å². The van der Waals surface area contributed by atoms with E-state index >= 15 is 0 Å². The zero-order chi connectivity index (χ0) is 15.6. The van der Waals surface area contributed by atoms with Gasteiger partial charge < -0.3 is 14.4 Å². The second-order valence-corrected chi connectivity index (χ2v) is 4.85. The minimum atomic E-state index is -4.53. The van der Waals surface area contributed by atoms with Crippen molar-refractivity contribution in [1.29, 1.82) is 0 Å². The standard InChI is InChI=1S/C14H16F3NO3/c1-20-12-6-18(7-13(12)21-2)11-4-3-9(8-19)5-10(11)14(15,16)17/h3-5,8,12-13H,6-7H2,1-2H3. The summed E-state index contributed by atoms with van der Waals surface area (Å²) >= 11 is 0. The molecule has 1 aromatic carbocycles. The average molecular weight is 303 g/mol. The van der Waals surface area contributed by atoms with Crippen molar-refractivity contribution in [2.75, 3.05) is 32.2 Å². The molecule has 4 nitrogen and oxygen atoms in total. The number of rotatable bonds is 4. The van der Waals surface area contributed by atoms with Gasteiger partial charge in [-0.3, -0.25) is 4.79 Å². The number of carbonyl (C=O) groups excluding carboxylic acids is 1. The lowest BCUT2D eigenvalue weighted by Gasteiger charge is -2.23.